The first-order valence-corrected chi connectivity index (χ1v) is 6.88. The van der Waals surface area contributed by atoms with Crippen molar-refractivity contribution < 1.29 is 14.3 Å². The van der Waals surface area contributed by atoms with Crippen molar-refractivity contribution in [2.45, 2.75) is 13.0 Å². The third-order valence-corrected chi connectivity index (χ3v) is 3.81. The van der Waals surface area contributed by atoms with Gasteiger partial charge >= 0.3 is 0 Å². The quantitative estimate of drug-likeness (QED) is 0.937. The molecule has 2 aromatic rings. The van der Waals surface area contributed by atoms with Crippen molar-refractivity contribution in [1.82, 2.24) is 9.88 Å². The van der Waals surface area contributed by atoms with Crippen LogP contribution >= 0.6 is 0 Å². The van der Waals surface area contributed by atoms with Gasteiger partial charge in [0.05, 0.1) is 14.2 Å². The van der Waals surface area contributed by atoms with Crippen LogP contribution in [-0.4, -0.2) is 36.6 Å². The van der Waals surface area contributed by atoms with Gasteiger partial charge in [0, 0.05) is 31.0 Å². The minimum atomic E-state index is 0.0402. The van der Waals surface area contributed by atoms with Crippen LogP contribution < -0.4 is 9.47 Å². The predicted octanol–water partition coefficient (Wildman–Crippen LogP) is 2.23. The average molecular weight is 286 g/mol. The van der Waals surface area contributed by atoms with Gasteiger partial charge in [-0.15, -0.1) is 0 Å². The molecule has 5 nitrogen and oxygen atoms in total. The number of amides is 1. The molecular formula is C16H18N2O3. The van der Waals surface area contributed by atoms with Crippen molar-refractivity contribution in [3.05, 3.63) is 47.3 Å². The number of hydrogen-bond donors (Lipinski definition) is 1. The molecule has 1 amide bonds. The third-order valence-electron chi connectivity index (χ3n) is 3.81. The highest BCUT2D eigenvalue weighted by Gasteiger charge is 2.26. The standard InChI is InChI=1S/C16H18N2O3/c1-20-14-7-12-4-6-18(10-11-3-5-17-9-11)16(19)13(12)8-15(14)21-2/h3,5,7-9,17H,4,6,10H2,1-2H3. The number of carbonyl (C=O) groups excluding carboxylic acids is 1. The zero-order chi connectivity index (χ0) is 14.8. The summed E-state index contributed by atoms with van der Waals surface area (Å²) in [5.74, 6) is 1.30. The number of nitrogens with one attached hydrogen (secondary N) is 1. The van der Waals surface area contributed by atoms with E-state index in [1.165, 1.54) is 0 Å². The van der Waals surface area contributed by atoms with Crippen molar-refractivity contribution in [3.8, 4) is 11.5 Å². The van der Waals surface area contributed by atoms with Crippen LogP contribution in [0.1, 0.15) is 21.5 Å². The molecule has 5 heteroatoms. The summed E-state index contributed by atoms with van der Waals surface area (Å²) in [6, 6.07) is 5.66. The fraction of sp³-hybridized carbons (Fsp3) is 0.312. The summed E-state index contributed by atoms with van der Waals surface area (Å²) in [5.41, 5.74) is 2.82. The maximum Gasteiger partial charge on any atom is 0.254 e. The molecule has 0 bridgehead atoms. The molecule has 1 N–H and O–H groups in total. The van der Waals surface area contributed by atoms with E-state index in [1.54, 1.807) is 20.3 Å². The van der Waals surface area contributed by atoms with Crippen molar-refractivity contribution >= 4 is 5.91 Å². The molecule has 2 heterocycles. The molecule has 3 rings (SSSR count). The van der Waals surface area contributed by atoms with Crippen LogP contribution in [-0.2, 0) is 13.0 Å². The fourth-order valence-electron chi connectivity index (χ4n) is 2.68. The molecule has 0 unspecified atom stereocenters. The van der Waals surface area contributed by atoms with Crippen LogP contribution in [0.2, 0.25) is 0 Å². The Hall–Kier alpha value is -2.43. The number of fused-ring (bicyclic) bond motifs is 1. The number of aromatic amines is 1. The van der Waals surface area contributed by atoms with Crippen LogP contribution in [0.5, 0.6) is 11.5 Å². The number of ether oxygens (including phenoxy) is 2. The lowest BCUT2D eigenvalue weighted by atomic mass is 9.97. The summed E-state index contributed by atoms with van der Waals surface area (Å²) in [5, 5.41) is 0. The normalized spacial score (nSPS) is 14.0. The van der Waals surface area contributed by atoms with Crippen LogP contribution in [0.25, 0.3) is 0 Å². The van der Waals surface area contributed by atoms with Gasteiger partial charge in [-0.2, -0.15) is 0 Å². The Balaban J connectivity index is 1.90. The summed E-state index contributed by atoms with van der Waals surface area (Å²) < 4.78 is 10.6. The summed E-state index contributed by atoms with van der Waals surface area (Å²) in [6.45, 7) is 1.34. The second kappa shape index (κ2) is 5.52. The molecule has 0 radical (unpaired) electrons. The van der Waals surface area contributed by atoms with E-state index in [0.29, 0.717) is 30.2 Å². The van der Waals surface area contributed by atoms with E-state index in [-0.39, 0.29) is 5.91 Å². The van der Waals surface area contributed by atoms with E-state index in [9.17, 15) is 4.79 Å². The first-order chi connectivity index (χ1) is 10.2. The summed E-state index contributed by atoms with van der Waals surface area (Å²) in [7, 11) is 3.18. The van der Waals surface area contributed by atoms with E-state index < -0.39 is 0 Å². The minimum absolute atomic E-state index is 0.0402. The third kappa shape index (κ3) is 2.46. The van der Waals surface area contributed by atoms with E-state index in [1.807, 2.05) is 29.4 Å². The molecule has 0 saturated carbocycles. The van der Waals surface area contributed by atoms with Gasteiger partial charge in [-0.1, -0.05) is 0 Å². The smallest absolute Gasteiger partial charge is 0.254 e. The Bertz CT molecular complexity index is 650. The highest BCUT2D eigenvalue weighted by Crippen LogP contribution is 2.33. The van der Waals surface area contributed by atoms with Crippen LogP contribution in [0.15, 0.2) is 30.6 Å². The lowest BCUT2D eigenvalue weighted by Crippen LogP contribution is -2.37. The summed E-state index contributed by atoms with van der Waals surface area (Å²) in [6.07, 6.45) is 4.61. The van der Waals surface area contributed by atoms with Gasteiger partial charge < -0.3 is 19.4 Å². The first kappa shape index (κ1) is 13.5. The van der Waals surface area contributed by atoms with Gasteiger partial charge in [0.2, 0.25) is 0 Å². The van der Waals surface area contributed by atoms with Gasteiger partial charge in [0.1, 0.15) is 0 Å². The molecule has 1 aliphatic rings. The number of hydrogen-bond acceptors (Lipinski definition) is 3. The highest BCUT2D eigenvalue weighted by atomic mass is 16.5. The molecular weight excluding hydrogens is 268 g/mol. The lowest BCUT2D eigenvalue weighted by molar-refractivity contribution is 0.0726. The monoisotopic (exact) mass is 286 g/mol. The minimum Gasteiger partial charge on any atom is -0.493 e. The topological polar surface area (TPSA) is 54.6 Å². The first-order valence-electron chi connectivity index (χ1n) is 6.88. The molecule has 0 fully saturated rings. The molecule has 1 aliphatic heterocycles. The Morgan fingerprint density at radius 3 is 2.67 bits per heavy atom. The Morgan fingerprint density at radius 1 is 1.24 bits per heavy atom. The number of aromatic nitrogens is 1. The second-order valence-corrected chi connectivity index (χ2v) is 5.06. The maximum atomic E-state index is 12.6. The van der Waals surface area contributed by atoms with Crippen molar-refractivity contribution in [1.29, 1.82) is 0 Å². The van der Waals surface area contributed by atoms with E-state index >= 15 is 0 Å². The molecule has 110 valence electrons. The molecule has 21 heavy (non-hydrogen) atoms. The number of H-pyrrole nitrogens is 1. The zero-order valence-electron chi connectivity index (χ0n) is 12.2. The Morgan fingerprint density at radius 2 is 2.00 bits per heavy atom. The van der Waals surface area contributed by atoms with Crippen molar-refractivity contribution in [2.24, 2.45) is 0 Å². The zero-order valence-corrected chi connectivity index (χ0v) is 12.2. The maximum absolute atomic E-state index is 12.6. The highest BCUT2D eigenvalue weighted by molar-refractivity contribution is 5.97. The van der Waals surface area contributed by atoms with E-state index in [4.69, 9.17) is 9.47 Å². The molecule has 0 atom stereocenters. The average Bonchev–Trinajstić information content (AvgIpc) is 3.02. The number of nitrogens with zero attached hydrogens (tertiary/aromatic N) is 1. The van der Waals surface area contributed by atoms with Crippen LogP contribution in [0.3, 0.4) is 0 Å². The number of methoxy groups -OCH3 is 2. The number of carbonyl (C=O) groups is 1. The Labute approximate surface area is 123 Å². The molecule has 0 aliphatic carbocycles. The van der Waals surface area contributed by atoms with Gasteiger partial charge in [-0.05, 0) is 35.7 Å². The van der Waals surface area contributed by atoms with Gasteiger partial charge in [0.15, 0.2) is 11.5 Å². The van der Waals surface area contributed by atoms with Crippen LogP contribution in [0, 0.1) is 0 Å². The second-order valence-electron chi connectivity index (χ2n) is 5.06. The predicted molar refractivity (Wildman–Crippen MR) is 78.8 cm³/mol. The fourth-order valence-corrected chi connectivity index (χ4v) is 2.68. The largest absolute Gasteiger partial charge is 0.493 e. The van der Waals surface area contributed by atoms with Crippen LogP contribution in [0.4, 0.5) is 0 Å². The van der Waals surface area contributed by atoms with Gasteiger partial charge in [-0.3, -0.25) is 4.79 Å². The summed E-state index contributed by atoms with van der Waals surface area (Å²) in [4.78, 5) is 17.5. The van der Waals surface area contributed by atoms with Crippen molar-refractivity contribution in [2.75, 3.05) is 20.8 Å². The summed E-state index contributed by atoms with van der Waals surface area (Å²) >= 11 is 0. The van der Waals surface area contributed by atoms with Gasteiger partial charge in [0.25, 0.3) is 5.91 Å². The van der Waals surface area contributed by atoms with Crippen molar-refractivity contribution in [3.63, 3.8) is 0 Å². The molecule has 1 aromatic heterocycles. The molecule has 0 saturated heterocycles. The number of rotatable bonds is 4. The number of benzene rings is 1. The van der Waals surface area contributed by atoms with E-state index in [0.717, 1.165) is 17.5 Å². The molecule has 1 aromatic carbocycles. The van der Waals surface area contributed by atoms with E-state index in [2.05, 4.69) is 4.98 Å². The SMILES string of the molecule is COc1cc2c(cc1OC)C(=O)N(Cc1cc[nH]c1)CC2. The molecule has 0 spiro atoms. The van der Waals surface area contributed by atoms with Gasteiger partial charge in [-0.25, -0.2) is 0 Å². The lowest BCUT2D eigenvalue weighted by Gasteiger charge is -2.29. The Kier molecular flexibility index (Phi) is 3.56.